The number of benzene rings is 1. The van der Waals surface area contributed by atoms with Gasteiger partial charge in [-0.05, 0) is 37.0 Å². The van der Waals surface area contributed by atoms with Crippen molar-refractivity contribution >= 4 is 11.5 Å². The van der Waals surface area contributed by atoms with Crippen LogP contribution < -0.4 is 14.5 Å². The van der Waals surface area contributed by atoms with E-state index in [2.05, 4.69) is 19.8 Å². The second-order valence-electron chi connectivity index (χ2n) is 7.27. The summed E-state index contributed by atoms with van der Waals surface area (Å²) in [6, 6.07) is 5.44. The highest BCUT2D eigenvalue weighted by Crippen LogP contribution is 2.40. The van der Waals surface area contributed by atoms with Crippen LogP contribution in [-0.4, -0.2) is 42.8 Å². The quantitative estimate of drug-likeness (QED) is 0.782. The number of aromatic nitrogens is 2. The monoisotopic (exact) mass is 403 g/mol. The fraction of sp³-hybridized carbons (Fsp3) is 0.450. The van der Waals surface area contributed by atoms with Crippen molar-refractivity contribution in [2.45, 2.75) is 25.1 Å². The van der Waals surface area contributed by atoms with Gasteiger partial charge in [0.2, 0.25) is 0 Å². The lowest BCUT2D eigenvalue weighted by atomic mass is 9.92. The molecule has 6 nitrogen and oxygen atoms in total. The van der Waals surface area contributed by atoms with Gasteiger partial charge in [-0.15, -0.1) is 0 Å². The van der Waals surface area contributed by atoms with E-state index in [4.69, 9.17) is 4.74 Å². The summed E-state index contributed by atoms with van der Waals surface area (Å²) >= 11 is 0. The Kier molecular flexibility index (Phi) is 4.94. The maximum Gasteiger partial charge on any atom is 0.416 e. The molecular formula is C20H20F3N5O. The molecule has 29 heavy (non-hydrogen) atoms. The van der Waals surface area contributed by atoms with E-state index in [-0.39, 0.29) is 11.6 Å². The van der Waals surface area contributed by atoms with E-state index in [0.29, 0.717) is 36.4 Å². The van der Waals surface area contributed by atoms with Crippen molar-refractivity contribution in [3.8, 4) is 11.9 Å². The Morgan fingerprint density at radius 2 is 1.93 bits per heavy atom. The van der Waals surface area contributed by atoms with Crippen molar-refractivity contribution in [1.82, 2.24) is 9.97 Å². The van der Waals surface area contributed by atoms with Crippen molar-refractivity contribution in [1.29, 1.82) is 5.26 Å². The first kappa shape index (κ1) is 19.3. The van der Waals surface area contributed by atoms with Crippen LogP contribution in [0.5, 0.6) is 5.88 Å². The summed E-state index contributed by atoms with van der Waals surface area (Å²) in [5.41, 5.74) is -0.196. The van der Waals surface area contributed by atoms with Crippen molar-refractivity contribution < 1.29 is 17.9 Å². The molecule has 2 aliphatic heterocycles. The Morgan fingerprint density at radius 3 is 2.66 bits per heavy atom. The smallest absolute Gasteiger partial charge is 0.416 e. The van der Waals surface area contributed by atoms with Gasteiger partial charge in [0, 0.05) is 38.1 Å². The van der Waals surface area contributed by atoms with Gasteiger partial charge < -0.3 is 14.5 Å². The number of methoxy groups -OCH3 is 1. The summed E-state index contributed by atoms with van der Waals surface area (Å²) in [5.74, 6) is 1.53. The molecule has 0 radical (unpaired) electrons. The lowest BCUT2D eigenvalue weighted by molar-refractivity contribution is -0.137. The van der Waals surface area contributed by atoms with E-state index >= 15 is 0 Å². The first-order valence-electron chi connectivity index (χ1n) is 9.40. The molecule has 2 fully saturated rings. The maximum atomic E-state index is 13.0. The number of piperidine rings is 1. The number of hydrogen-bond acceptors (Lipinski definition) is 6. The number of hydrogen-bond donors (Lipinski definition) is 0. The van der Waals surface area contributed by atoms with Crippen molar-refractivity contribution in [3.63, 3.8) is 0 Å². The van der Waals surface area contributed by atoms with E-state index in [1.54, 1.807) is 19.5 Å². The van der Waals surface area contributed by atoms with Gasteiger partial charge >= 0.3 is 6.18 Å². The van der Waals surface area contributed by atoms with E-state index < -0.39 is 11.7 Å². The molecule has 2 unspecified atom stereocenters. The highest BCUT2D eigenvalue weighted by molar-refractivity contribution is 5.63. The molecule has 152 valence electrons. The Hall–Kier alpha value is -3.02. The third-order valence-electron chi connectivity index (χ3n) is 5.76. The summed E-state index contributed by atoms with van der Waals surface area (Å²) in [7, 11) is 1.55. The zero-order chi connectivity index (χ0) is 20.6. The minimum Gasteiger partial charge on any atom is -0.478 e. The van der Waals surface area contributed by atoms with Crippen molar-refractivity contribution in [2.24, 2.45) is 5.92 Å². The molecule has 2 aromatic rings. The highest BCUT2D eigenvalue weighted by Gasteiger charge is 2.40. The van der Waals surface area contributed by atoms with Gasteiger partial charge in [0.1, 0.15) is 6.07 Å². The fourth-order valence-electron chi connectivity index (χ4n) is 4.36. The Bertz CT molecular complexity index is 942. The molecule has 0 spiro atoms. The first-order chi connectivity index (χ1) is 13.9. The van der Waals surface area contributed by atoms with E-state index in [9.17, 15) is 18.4 Å². The second-order valence-corrected chi connectivity index (χ2v) is 7.27. The lowest BCUT2D eigenvalue weighted by Gasteiger charge is -2.40. The Balaban J connectivity index is 1.63. The van der Waals surface area contributed by atoms with E-state index in [1.165, 1.54) is 6.07 Å². The zero-order valence-electron chi connectivity index (χ0n) is 15.9. The molecule has 0 saturated carbocycles. The topological polar surface area (TPSA) is 65.3 Å². The predicted octanol–water partition coefficient (Wildman–Crippen LogP) is 3.48. The predicted molar refractivity (Wildman–Crippen MR) is 101 cm³/mol. The molecule has 0 bridgehead atoms. The number of rotatable bonds is 3. The number of fused-ring (bicyclic) bond motifs is 1. The number of ether oxygens (including phenoxy) is 1. The molecule has 1 aromatic heterocycles. The normalized spacial score (nSPS) is 21.6. The zero-order valence-corrected chi connectivity index (χ0v) is 15.9. The molecule has 3 heterocycles. The number of nitriles is 1. The second kappa shape index (κ2) is 7.43. The van der Waals surface area contributed by atoms with Gasteiger partial charge in [-0.3, -0.25) is 0 Å². The summed E-state index contributed by atoms with van der Waals surface area (Å²) < 4.78 is 44.4. The Labute approximate surface area is 166 Å². The van der Waals surface area contributed by atoms with Crippen molar-refractivity contribution in [2.75, 3.05) is 36.5 Å². The third kappa shape index (κ3) is 3.55. The van der Waals surface area contributed by atoms with Crippen LogP contribution in [0.4, 0.5) is 24.7 Å². The van der Waals surface area contributed by atoms with Gasteiger partial charge in [-0.2, -0.15) is 18.4 Å². The van der Waals surface area contributed by atoms with Gasteiger partial charge in [0.15, 0.2) is 5.82 Å². The van der Waals surface area contributed by atoms with Gasteiger partial charge in [0.25, 0.3) is 5.88 Å². The Morgan fingerprint density at radius 1 is 1.17 bits per heavy atom. The van der Waals surface area contributed by atoms with Crippen LogP contribution in [0.3, 0.4) is 0 Å². The molecule has 9 heteroatoms. The minimum atomic E-state index is -4.47. The number of alkyl halides is 3. The first-order valence-corrected chi connectivity index (χ1v) is 9.40. The molecule has 4 rings (SSSR count). The van der Waals surface area contributed by atoms with Crippen molar-refractivity contribution in [3.05, 3.63) is 41.7 Å². The van der Waals surface area contributed by atoms with E-state index in [0.717, 1.165) is 31.5 Å². The van der Waals surface area contributed by atoms with Crippen LogP contribution in [0.15, 0.2) is 30.6 Å². The van der Waals surface area contributed by atoms with Gasteiger partial charge in [0.05, 0.1) is 23.9 Å². The van der Waals surface area contributed by atoms with E-state index in [1.807, 2.05) is 6.07 Å². The minimum absolute atomic E-state index is 0.0506. The molecule has 1 aromatic carbocycles. The third-order valence-corrected chi connectivity index (χ3v) is 5.76. The van der Waals surface area contributed by atoms with Gasteiger partial charge in [-0.25, -0.2) is 9.97 Å². The highest BCUT2D eigenvalue weighted by atomic mass is 19.4. The molecule has 0 aliphatic carbocycles. The molecule has 0 amide bonds. The molecule has 2 saturated heterocycles. The molecular weight excluding hydrogens is 383 g/mol. The van der Waals surface area contributed by atoms with Crippen LogP contribution in [0.25, 0.3) is 0 Å². The molecule has 2 atom stereocenters. The molecule has 2 aliphatic rings. The van der Waals surface area contributed by atoms with Crippen LogP contribution in [-0.2, 0) is 6.18 Å². The van der Waals surface area contributed by atoms with Crippen LogP contribution in [0.2, 0.25) is 0 Å². The maximum absolute atomic E-state index is 13.0. The lowest BCUT2D eigenvalue weighted by Crippen LogP contribution is -2.49. The summed E-state index contributed by atoms with van der Waals surface area (Å²) in [6.07, 6.45) is 0.589. The van der Waals surface area contributed by atoms with Crippen LogP contribution in [0.1, 0.15) is 24.0 Å². The van der Waals surface area contributed by atoms with Crippen LogP contribution >= 0.6 is 0 Å². The summed E-state index contributed by atoms with van der Waals surface area (Å²) in [4.78, 5) is 12.8. The molecule has 0 N–H and O–H groups in total. The average Bonchev–Trinajstić information content (AvgIpc) is 3.15. The van der Waals surface area contributed by atoms with Gasteiger partial charge in [-0.1, -0.05) is 0 Å². The fourth-order valence-corrected chi connectivity index (χ4v) is 4.36. The summed E-state index contributed by atoms with van der Waals surface area (Å²) in [5, 5.41) is 9.47. The average molecular weight is 403 g/mol. The largest absolute Gasteiger partial charge is 0.478 e. The summed E-state index contributed by atoms with van der Waals surface area (Å²) in [6.45, 7) is 2.16. The van der Waals surface area contributed by atoms with Crippen LogP contribution in [0, 0.1) is 17.2 Å². The number of nitrogens with zero attached hydrogens (tertiary/aromatic N) is 5. The number of anilines is 2. The SMILES string of the molecule is COc1nccnc1N1CCC2CCN(c3ccc(C(F)(F)F)cc3C#N)C2C1. The standard InChI is InChI=1S/C20H20F3N5O/c1-29-19-18(25-6-7-26-19)27-8-4-13-5-9-28(17(13)12-27)16-3-2-15(20(21,22)23)10-14(16)11-24/h2-3,6-7,10,13,17H,4-5,8-9,12H2,1H3. The number of halogens is 3.